The molecular weight excluding hydrogens is 368 g/mol. The predicted molar refractivity (Wildman–Crippen MR) is 109 cm³/mol. The molecule has 7 heteroatoms. The van der Waals surface area contributed by atoms with Crippen LogP contribution in [0.25, 0.3) is 0 Å². The van der Waals surface area contributed by atoms with Crippen molar-refractivity contribution in [2.24, 2.45) is 10.9 Å². The predicted octanol–water partition coefficient (Wildman–Crippen LogP) is 3.07. The van der Waals surface area contributed by atoms with Crippen molar-refractivity contribution in [2.45, 2.75) is 51.8 Å². The van der Waals surface area contributed by atoms with Crippen molar-refractivity contribution in [1.29, 1.82) is 0 Å². The highest BCUT2D eigenvalue weighted by Crippen LogP contribution is 2.43. The van der Waals surface area contributed by atoms with Crippen LogP contribution in [0.2, 0.25) is 0 Å². The SMILES string of the molecule is CCc1cccc(CC)c1N1C(=NC(=O)C(C)C)SC2CS(=O)(=O)CC21. The van der Waals surface area contributed by atoms with Gasteiger partial charge in [-0.1, -0.05) is 57.7 Å². The van der Waals surface area contributed by atoms with Gasteiger partial charge in [-0.3, -0.25) is 4.79 Å². The number of carbonyl (C=O) groups excluding carboxylic acids is 1. The fourth-order valence-corrected chi connectivity index (χ4v) is 7.48. The number of anilines is 1. The summed E-state index contributed by atoms with van der Waals surface area (Å²) in [7, 11) is -3.06. The van der Waals surface area contributed by atoms with Crippen molar-refractivity contribution in [3.8, 4) is 0 Å². The van der Waals surface area contributed by atoms with Crippen LogP contribution < -0.4 is 4.90 Å². The monoisotopic (exact) mass is 394 g/mol. The first-order valence-corrected chi connectivity index (χ1v) is 11.9. The maximum Gasteiger partial charge on any atom is 0.250 e. The first-order chi connectivity index (χ1) is 12.3. The van der Waals surface area contributed by atoms with E-state index in [9.17, 15) is 13.2 Å². The summed E-state index contributed by atoms with van der Waals surface area (Å²) in [5, 5.41) is 0.595. The number of sulfone groups is 1. The Labute approximate surface area is 160 Å². The molecular formula is C19H26N2O3S2. The molecule has 0 bridgehead atoms. The molecule has 26 heavy (non-hydrogen) atoms. The maximum absolute atomic E-state index is 12.3. The second kappa shape index (κ2) is 7.35. The van der Waals surface area contributed by atoms with Gasteiger partial charge in [0.2, 0.25) is 0 Å². The average molecular weight is 395 g/mol. The smallest absolute Gasteiger partial charge is 0.250 e. The van der Waals surface area contributed by atoms with Gasteiger partial charge >= 0.3 is 0 Å². The van der Waals surface area contributed by atoms with Crippen molar-refractivity contribution in [1.82, 2.24) is 0 Å². The van der Waals surface area contributed by atoms with Crippen LogP contribution in [0.3, 0.4) is 0 Å². The third-order valence-electron chi connectivity index (χ3n) is 4.97. The van der Waals surface area contributed by atoms with Crippen molar-refractivity contribution in [3.63, 3.8) is 0 Å². The molecule has 0 saturated carbocycles. The molecule has 0 spiro atoms. The Morgan fingerprint density at radius 3 is 2.38 bits per heavy atom. The van der Waals surface area contributed by atoms with E-state index in [2.05, 4.69) is 35.9 Å². The molecule has 2 saturated heterocycles. The number of hydrogen-bond acceptors (Lipinski definition) is 4. The average Bonchev–Trinajstić information content (AvgIpc) is 3.04. The molecule has 1 aromatic carbocycles. The van der Waals surface area contributed by atoms with E-state index < -0.39 is 9.84 Å². The standard InChI is InChI=1S/C19H26N2O3S2/c1-5-13-8-7-9-14(6-2)17(13)21-15-10-26(23,24)11-16(15)25-19(21)20-18(22)12(3)4/h7-9,12,15-16H,5-6,10-11H2,1-4H3. The largest absolute Gasteiger partial charge is 0.315 e. The third-order valence-corrected chi connectivity index (χ3v) is 8.18. The van der Waals surface area contributed by atoms with Crippen molar-refractivity contribution in [3.05, 3.63) is 29.3 Å². The van der Waals surface area contributed by atoms with Gasteiger partial charge in [0.25, 0.3) is 5.91 Å². The highest BCUT2D eigenvalue weighted by Gasteiger charge is 2.50. The Hall–Kier alpha value is -1.34. The lowest BCUT2D eigenvalue weighted by molar-refractivity contribution is -0.120. The van der Waals surface area contributed by atoms with E-state index in [1.165, 1.54) is 22.9 Å². The number of para-hydroxylation sites is 1. The molecule has 2 aliphatic rings. The quantitative estimate of drug-likeness (QED) is 0.785. The van der Waals surface area contributed by atoms with Crippen LogP contribution in [0.15, 0.2) is 23.2 Å². The van der Waals surface area contributed by atoms with Gasteiger partial charge in [0.05, 0.1) is 17.5 Å². The molecule has 0 N–H and O–H groups in total. The molecule has 2 atom stereocenters. The third kappa shape index (κ3) is 3.56. The van der Waals surface area contributed by atoms with Gasteiger partial charge in [-0.2, -0.15) is 4.99 Å². The molecule has 142 valence electrons. The van der Waals surface area contributed by atoms with Gasteiger partial charge in [-0.25, -0.2) is 8.42 Å². The van der Waals surface area contributed by atoms with Gasteiger partial charge in [0.1, 0.15) is 0 Å². The fourth-order valence-electron chi connectivity index (χ4n) is 3.57. The summed E-state index contributed by atoms with van der Waals surface area (Å²) in [6.45, 7) is 7.86. The number of amidine groups is 1. The number of thioether (sulfide) groups is 1. The van der Waals surface area contributed by atoms with E-state index in [1.54, 1.807) is 0 Å². The normalized spacial score (nSPS) is 25.9. The number of aryl methyl sites for hydroxylation is 2. The Kier molecular flexibility index (Phi) is 5.49. The summed E-state index contributed by atoms with van der Waals surface area (Å²) in [6.07, 6.45) is 1.69. The minimum absolute atomic E-state index is 0.0617. The van der Waals surface area contributed by atoms with E-state index in [-0.39, 0.29) is 34.6 Å². The van der Waals surface area contributed by atoms with E-state index >= 15 is 0 Å². The molecule has 2 heterocycles. The Balaban J connectivity index is 2.15. The van der Waals surface area contributed by atoms with Crippen molar-refractivity contribution < 1.29 is 13.2 Å². The molecule has 3 rings (SSSR count). The zero-order valence-electron chi connectivity index (χ0n) is 15.7. The summed E-state index contributed by atoms with van der Waals surface area (Å²) < 4.78 is 24.4. The Morgan fingerprint density at radius 1 is 1.23 bits per heavy atom. The topological polar surface area (TPSA) is 66.8 Å². The lowest BCUT2D eigenvalue weighted by atomic mass is 10.0. The zero-order valence-corrected chi connectivity index (χ0v) is 17.4. The van der Waals surface area contributed by atoms with Crippen LogP contribution >= 0.6 is 11.8 Å². The Bertz CT molecular complexity index is 824. The number of amides is 1. The fraction of sp³-hybridized carbons (Fsp3) is 0.579. The molecule has 0 radical (unpaired) electrons. The van der Waals surface area contributed by atoms with Gasteiger partial charge < -0.3 is 4.90 Å². The second-order valence-corrected chi connectivity index (χ2v) is 10.6. The summed E-state index contributed by atoms with van der Waals surface area (Å²) in [5.74, 6) is -0.0573. The molecule has 0 aliphatic carbocycles. The van der Waals surface area contributed by atoms with Crippen molar-refractivity contribution in [2.75, 3.05) is 16.4 Å². The van der Waals surface area contributed by atoms with E-state index in [0.29, 0.717) is 5.17 Å². The van der Waals surface area contributed by atoms with E-state index in [1.807, 2.05) is 19.9 Å². The van der Waals surface area contributed by atoms with Gasteiger partial charge in [-0.05, 0) is 24.0 Å². The number of rotatable bonds is 4. The van der Waals surface area contributed by atoms with Gasteiger partial charge in [0, 0.05) is 16.9 Å². The molecule has 1 aromatic rings. The van der Waals surface area contributed by atoms with Crippen LogP contribution in [0.1, 0.15) is 38.8 Å². The number of nitrogens with zero attached hydrogens (tertiary/aromatic N) is 2. The van der Waals surface area contributed by atoms with Crippen LogP contribution in [0.4, 0.5) is 5.69 Å². The minimum Gasteiger partial charge on any atom is -0.315 e. The second-order valence-electron chi connectivity index (χ2n) is 7.19. The molecule has 2 unspecified atom stereocenters. The molecule has 5 nitrogen and oxygen atoms in total. The minimum atomic E-state index is -3.06. The molecule has 2 aliphatic heterocycles. The number of benzene rings is 1. The number of carbonyl (C=O) groups is 1. The van der Waals surface area contributed by atoms with Crippen LogP contribution in [0, 0.1) is 5.92 Å². The van der Waals surface area contributed by atoms with Crippen molar-refractivity contribution >= 4 is 38.4 Å². The van der Waals surface area contributed by atoms with E-state index in [0.717, 1.165) is 18.5 Å². The van der Waals surface area contributed by atoms with Crippen LogP contribution in [-0.4, -0.2) is 42.3 Å². The van der Waals surface area contributed by atoms with Crippen LogP contribution in [0.5, 0.6) is 0 Å². The summed E-state index contributed by atoms with van der Waals surface area (Å²) in [4.78, 5) is 18.7. The molecule has 1 amide bonds. The molecule has 0 aromatic heterocycles. The van der Waals surface area contributed by atoms with Crippen LogP contribution in [-0.2, 0) is 27.5 Å². The number of fused-ring (bicyclic) bond motifs is 1. The highest BCUT2D eigenvalue weighted by molar-refractivity contribution is 8.16. The lowest BCUT2D eigenvalue weighted by Gasteiger charge is -2.29. The summed E-state index contributed by atoms with van der Waals surface area (Å²) in [6, 6.07) is 6.06. The number of hydrogen-bond donors (Lipinski definition) is 0. The summed E-state index contributed by atoms with van der Waals surface area (Å²) >= 11 is 1.45. The van der Waals surface area contributed by atoms with E-state index in [4.69, 9.17) is 0 Å². The van der Waals surface area contributed by atoms with Gasteiger partial charge in [0.15, 0.2) is 15.0 Å². The Morgan fingerprint density at radius 2 is 1.85 bits per heavy atom. The maximum atomic E-state index is 12.3. The zero-order chi connectivity index (χ0) is 19.1. The summed E-state index contributed by atoms with van der Waals surface area (Å²) in [5.41, 5.74) is 3.38. The number of aliphatic imine (C=N–C) groups is 1. The first kappa shape index (κ1) is 19.4. The lowest BCUT2D eigenvalue weighted by Crippen LogP contribution is -2.39. The highest BCUT2D eigenvalue weighted by atomic mass is 32.2. The first-order valence-electron chi connectivity index (χ1n) is 9.17. The van der Waals surface area contributed by atoms with Gasteiger partial charge in [-0.15, -0.1) is 0 Å². The molecule has 2 fully saturated rings.